The van der Waals surface area contributed by atoms with Crippen LogP contribution in [-0.2, 0) is 10.0 Å². The van der Waals surface area contributed by atoms with Crippen LogP contribution in [0.2, 0.25) is 0 Å². The zero-order chi connectivity index (χ0) is 22.4. The highest BCUT2D eigenvalue weighted by molar-refractivity contribution is 7.92. The molecule has 1 fully saturated rings. The summed E-state index contributed by atoms with van der Waals surface area (Å²) in [6, 6.07) is 13.5. The lowest BCUT2D eigenvalue weighted by Gasteiger charge is -2.30. The average Bonchev–Trinajstić information content (AvgIpc) is 2.78. The standard InChI is InChI=1S/C24H33N3O3S/c1-19-8-10-22(11-9-19)26(3)31(29,30)23-7-4-6-21(18-23)24(28)25-14-5-15-27-16-12-20(2)13-17-27/h4,6-11,18,20H,5,12-17H2,1-3H3,(H,25,28). The van der Waals surface area contributed by atoms with Gasteiger partial charge in [0.05, 0.1) is 10.6 Å². The van der Waals surface area contributed by atoms with Gasteiger partial charge in [-0.05, 0) is 82.1 Å². The number of sulfonamides is 1. The molecule has 31 heavy (non-hydrogen) atoms. The summed E-state index contributed by atoms with van der Waals surface area (Å²) in [5.74, 6) is 0.562. The molecule has 0 radical (unpaired) electrons. The van der Waals surface area contributed by atoms with Gasteiger partial charge in [0, 0.05) is 19.2 Å². The summed E-state index contributed by atoms with van der Waals surface area (Å²) in [6.45, 7) is 8.05. The van der Waals surface area contributed by atoms with E-state index < -0.39 is 10.0 Å². The number of aryl methyl sites for hydroxylation is 1. The van der Waals surface area contributed by atoms with Gasteiger partial charge in [0.25, 0.3) is 15.9 Å². The third-order valence-electron chi connectivity index (χ3n) is 5.97. The van der Waals surface area contributed by atoms with Crippen molar-refractivity contribution in [1.82, 2.24) is 10.2 Å². The number of carbonyl (C=O) groups is 1. The predicted octanol–water partition coefficient (Wildman–Crippen LogP) is 3.67. The molecule has 0 aromatic heterocycles. The molecule has 2 aromatic carbocycles. The van der Waals surface area contributed by atoms with E-state index in [2.05, 4.69) is 17.1 Å². The van der Waals surface area contributed by atoms with Crippen molar-refractivity contribution < 1.29 is 13.2 Å². The minimum Gasteiger partial charge on any atom is -0.352 e. The molecule has 0 unspecified atom stereocenters. The number of likely N-dealkylation sites (tertiary alicyclic amines) is 1. The van der Waals surface area contributed by atoms with Crippen LogP contribution >= 0.6 is 0 Å². The Morgan fingerprint density at radius 1 is 1.13 bits per heavy atom. The maximum Gasteiger partial charge on any atom is 0.264 e. The maximum atomic E-state index is 13.0. The summed E-state index contributed by atoms with van der Waals surface area (Å²) >= 11 is 0. The van der Waals surface area contributed by atoms with Crippen LogP contribution in [0.4, 0.5) is 5.69 Å². The van der Waals surface area contributed by atoms with E-state index in [4.69, 9.17) is 0 Å². The van der Waals surface area contributed by atoms with Crippen molar-refractivity contribution in [2.45, 2.75) is 38.0 Å². The van der Waals surface area contributed by atoms with Gasteiger partial charge in [-0.1, -0.05) is 30.7 Å². The highest BCUT2D eigenvalue weighted by Crippen LogP contribution is 2.23. The number of carbonyl (C=O) groups excluding carboxylic acids is 1. The number of benzene rings is 2. The summed E-state index contributed by atoms with van der Waals surface area (Å²) in [5.41, 5.74) is 1.99. The molecule has 0 bridgehead atoms. The summed E-state index contributed by atoms with van der Waals surface area (Å²) in [4.78, 5) is 15.1. The molecule has 1 amide bonds. The monoisotopic (exact) mass is 443 g/mol. The topological polar surface area (TPSA) is 69.7 Å². The Hall–Kier alpha value is -2.38. The van der Waals surface area contributed by atoms with Crippen molar-refractivity contribution in [3.63, 3.8) is 0 Å². The second kappa shape index (κ2) is 10.3. The number of rotatable bonds is 8. The minimum atomic E-state index is -3.76. The van der Waals surface area contributed by atoms with Gasteiger partial charge in [0.1, 0.15) is 0 Å². The molecule has 2 aromatic rings. The van der Waals surface area contributed by atoms with Crippen LogP contribution < -0.4 is 9.62 Å². The first-order valence-corrected chi connectivity index (χ1v) is 12.4. The van der Waals surface area contributed by atoms with E-state index >= 15 is 0 Å². The fourth-order valence-corrected chi connectivity index (χ4v) is 4.98. The highest BCUT2D eigenvalue weighted by atomic mass is 32.2. The van der Waals surface area contributed by atoms with E-state index in [0.29, 0.717) is 17.8 Å². The molecule has 0 atom stereocenters. The lowest BCUT2D eigenvalue weighted by molar-refractivity contribution is 0.0950. The molecule has 1 aliphatic rings. The Bertz CT molecular complexity index is 981. The fraction of sp³-hybridized carbons (Fsp3) is 0.458. The van der Waals surface area contributed by atoms with Crippen molar-refractivity contribution in [2.75, 3.05) is 37.5 Å². The van der Waals surface area contributed by atoms with E-state index in [1.54, 1.807) is 24.3 Å². The van der Waals surface area contributed by atoms with Crippen LogP contribution in [0.15, 0.2) is 53.4 Å². The van der Waals surface area contributed by atoms with Gasteiger partial charge in [-0.15, -0.1) is 0 Å². The zero-order valence-corrected chi connectivity index (χ0v) is 19.5. The lowest BCUT2D eigenvalue weighted by atomic mass is 9.99. The minimum absolute atomic E-state index is 0.102. The third kappa shape index (κ3) is 6.08. The molecule has 1 heterocycles. The summed E-state index contributed by atoms with van der Waals surface area (Å²) in [7, 11) is -2.24. The largest absolute Gasteiger partial charge is 0.352 e. The molecule has 6 nitrogen and oxygen atoms in total. The maximum absolute atomic E-state index is 13.0. The first-order valence-electron chi connectivity index (χ1n) is 10.9. The number of hydrogen-bond donors (Lipinski definition) is 1. The Morgan fingerprint density at radius 3 is 2.48 bits per heavy atom. The molecular weight excluding hydrogens is 410 g/mol. The van der Waals surface area contributed by atoms with Crippen molar-refractivity contribution in [1.29, 1.82) is 0 Å². The number of amides is 1. The van der Waals surface area contributed by atoms with Gasteiger partial charge < -0.3 is 10.2 Å². The SMILES string of the molecule is Cc1ccc(N(C)S(=O)(=O)c2cccc(C(=O)NCCCN3CCC(C)CC3)c2)cc1. The van der Waals surface area contributed by atoms with Crippen LogP contribution in [0.5, 0.6) is 0 Å². The van der Waals surface area contributed by atoms with Crippen LogP contribution in [0.1, 0.15) is 42.1 Å². The molecule has 3 rings (SSSR count). The molecule has 0 aliphatic carbocycles. The normalized spacial score (nSPS) is 15.6. The Morgan fingerprint density at radius 2 is 1.81 bits per heavy atom. The second-order valence-corrected chi connectivity index (χ2v) is 10.4. The second-order valence-electron chi connectivity index (χ2n) is 8.47. The number of nitrogens with one attached hydrogen (secondary N) is 1. The molecule has 1 N–H and O–H groups in total. The van der Waals surface area contributed by atoms with Crippen LogP contribution in [0, 0.1) is 12.8 Å². The van der Waals surface area contributed by atoms with Crippen molar-refractivity contribution in [3.05, 3.63) is 59.7 Å². The van der Waals surface area contributed by atoms with Crippen LogP contribution in [0.3, 0.4) is 0 Å². The van der Waals surface area contributed by atoms with Gasteiger partial charge >= 0.3 is 0 Å². The summed E-state index contributed by atoms with van der Waals surface area (Å²) in [6.07, 6.45) is 3.36. The van der Waals surface area contributed by atoms with Crippen molar-refractivity contribution in [3.8, 4) is 0 Å². The first-order chi connectivity index (χ1) is 14.8. The van der Waals surface area contributed by atoms with E-state index in [-0.39, 0.29) is 10.8 Å². The quantitative estimate of drug-likeness (QED) is 0.632. The fourth-order valence-electron chi connectivity index (χ4n) is 3.74. The first kappa shape index (κ1) is 23.3. The lowest BCUT2D eigenvalue weighted by Crippen LogP contribution is -2.35. The van der Waals surface area contributed by atoms with Crippen molar-refractivity contribution in [2.24, 2.45) is 5.92 Å². The molecule has 7 heteroatoms. The van der Waals surface area contributed by atoms with E-state index in [0.717, 1.165) is 37.5 Å². The van der Waals surface area contributed by atoms with Crippen LogP contribution in [-0.4, -0.2) is 52.5 Å². The van der Waals surface area contributed by atoms with Gasteiger partial charge in [0.2, 0.25) is 0 Å². The molecule has 168 valence electrons. The van der Waals surface area contributed by atoms with Crippen molar-refractivity contribution >= 4 is 21.6 Å². The van der Waals surface area contributed by atoms with Crippen LogP contribution in [0.25, 0.3) is 0 Å². The third-order valence-corrected chi connectivity index (χ3v) is 7.75. The molecule has 0 saturated carbocycles. The average molecular weight is 444 g/mol. The molecule has 1 saturated heterocycles. The summed E-state index contributed by atoms with van der Waals surface area (Å²) < 4.78 is 27.3. The van der Waals surface area contributed by atoms with Gasteiger partial charge in [-0.3, -0.25) is 9.10 Å². The van der Waals surface area contributed by atoms with E-state index in [1.165, 1.54) is 36.3 Å². The Kier molecular flexibility index (Phi) is 7.73. The molecule has 0 spiro atoms. The molecular formula is C24H33N3O3S. The molecule has 1 aliphatic heterocycles. The Balaban J connectivity index is 1.58. The Labute approximate surface area is 186 Å². The number of piperidine rings is 1. The van der Waals surface area contributed by atoms with Gasteiger partial charge in [-0.2, -0.15) is 0 Å². The number of hydrogen-bond acceptors (Lipinski definition) is 4. The highest BCUT2D eigenvalue weighted by Gasteiger charge is 2.22. The number of nitrogens with zero attached hydrogens (tertiary/aromatic N) is 2. The summed E-state index contributed by atoms with van der Waals surface area (Å²) in [5, 5.41) is 2.92. The van der Waals surface area contributed by atoms with E-state index in [9.17, 15) is 13.2 Å². The smallest absolute Gasteiger partial charge is 0.264 e. The van der Waals surface area contributed by atoms with Gasteiger partial charge in [-0.25, -0.2) is 8.42 Å². The number of anilines is 1. The zero-order valence-electron chi connectivity index (χ0n) is 18.7. The van der Waals surface area contributed by atoms with E-state index in [1.807, 2.05) is 19.1 Å². The van der Waals surface area contributed by atoms with Gasteiger partial charge in [0.15, 0.2) is 0 Å². The predicted molar refractivity (Wildman–Crippen MR) is 125 cm³/mol.